The van der Waals surface area contributed by atoms with Crippen LogP contribution in [-0.4, -0.2) is 38.3 Å². The van der Waals surface area contributed by atoms with Crippen LogP contribution in [0.25, 0.3) is 0 Å². The zero-order chi connectivity index (χ0) is 12.7. The maximum atomic E-state index is 11.0. The molecule has 1 saturated carbocycles. The van der Waals surface area contributed by atoms with Gasteiger partial charge in [0.25, 0.3) is 0 Å². The van der Waals surface area contributed by atoms with Crippen LogP contribution < -0.4 is 10.6 Å². The maximum absolute atomic E-state index is 11.0. The molecule has 0 aromatic carbocycles. The molecule has 0 aromatic rings. The largest absolute Gasteiger partial charge is 0.468 e. The van der Waals surface area contributed by atoms with E-state index in [0.29, 0.717) is 24.5 Å². The summed E-state index contributed by atoms with van der Waals surface area (Å²) < 4.78 is 4.61. The lowest BCUT2D eigenvalue weighted by Gasteiger charge is -2.30. The molecule has 4 heteroatoms. The molecule has 1 rings (SSSR count). The second-order valence-electron chi connectivity index (χ2n) is 5.31. The molecule has 100 valence electrons. The second-order valence-corrected chi connectivity index (χ2v) is 5.31. The van der Waals surface area contributed by atoms with E-state index in [1.165, 1.54) is 20.0 Å². The molecule has 0 heterocycles. The predicted octanol–water partition coefficient (Wildman–Crippen LogP) is 1.31. The number of hydrogen-bond acceptors (Lipinski definition) is 4. The van der Waals surface area contributed by atoms with Gasteiger partial charge in [0.05, 0.1) is 13.7 Å². The first kappa shape index (κ1) is 14.5. The summed E-state index contributed by atoms with van der Waals surface area (Å²) in [5.74, 6) is 0.537. The summed E-state index contributed by atoms with van der Waals surface area (Å²) in [6.07, 6.45) is 4.69. The van der Waals surface area contributed by atoms with E-state index in [1.807, 2.05) is 0 Å². The van der Waals surface area contributed by atoms with Crippen molar-refractivity contribution in [1.82, 2.24) is 10.6 Å². The Hall–Kier alpha value is -0.610. The fraction of sp³-hybridized carbons (Fsp3) is 0.923. The average molecular weight is 242 g/mol. The first-order valence-electron chi connectivity index (χ1n) is 6.65. The zero-order valence-electron chi connectivity index (χ0n) is 11.3. The molecule has 0 spiro atoms. The third-order valence-corrected chi connectivity index (χ3v) is 3.30. The molecule has 1 fully saturated rings. The van der Waals surface area contributed by atoms with Crippen LogP contribution in [0.5, 0.6) is 0 Å². The van der Waals surface area contributed by atoms with Gasteiger partial charge >= 0.3 is 5.97 Å². The summed E-state index contributed by atoms with van der Waals surface area (Å²) in [6, 6.07) is 1.14. The first-order valence-corrected chi connectivity index (χ1v) is 6.65. The number of hydrogen-bond donors (Lipinski definition) is 2. The van der Waals surface area contributed by atoms with Crippen molar-refractivity contribution in [1.29, 1.82) is 0 Å². The van der Waals surface area contributed by atoms with Crippen molar-refractivity contribution in [2.75, 3.05) is 20.2 Å². The van der Waals surface area contributed by atoms with Gasteiger partial charge in [-0.1, -0.05) is 13.8 Å². The van der Waals surface area contributed by atoms with Crippen LogP contribution in [0.2, 0.25) is 0 Å². The number of ether oxygens (including phenoxy) is 1. The van der Waals surface area contributed by atoms with Crippen molar-refractivity contribution in [2.24, 2.45) is 5.92 Å². The van der Waals surface area contributed by atoms with Crippen LogP contribution in [0.3, 0.4) is 0 Å². The van der Waals surface area contributed by atoms with E-state index >= 15 is 0 Å². The Morgan fingerprint density at radius 1 is 1.18 bits per heavy atom. The van der Waals surface area contributed by atoms with Gasteiger partial charge in [-0.05, 0) is 38.1 Å². The van der Waals surface area contributed by atoms with Gasteiger partial charge in [0, 0.05) is 12.1 Å². The number of rotatable bonds is 6. The molecule has 1 aliphatic rings. The van der Waals surface area contributed by atoms with Crippen molar-refractivity contribution in [3.63, 3.8) is 0 Å². The van der Waals surface area contributed by atoms with E-state index in [-0.39, 0.29) is 5.97 Å². The summed E-state index contributed by atoms with van der Waals surface area (Å²) in [6.45, 7) is 5.91. The van der Waals surface area contributed by atoms with Gasteiger partial charge in [-0.25, -0.2) is 0 Å². The monoisotopic (exact) mass is 242 g/mol. The Kier molecular flexibility index (Phi) is 6.52. The Labute approximate surface area is 104 Å². The van der Waals surface area contributed by atoms with E-state index < -0.39 is 0 Å². The summed E-state index contributed by atoms with van der Waals surface area (Å²) in [4.78, 5) is 11.0. The normalized spacial score (nSPS) is 24.9. The SMILES string of the molecule is COC(=O)CNC1CCC(NCC(C)C)CC1. The summed E-state index contributed by atoms with van der Waals surface area (Å²) in [7, 11) is 1.43. The standard InChI is InChI=1S/C13H26N2O2/c1-10(2)8-14-11-4-6-12(7-5-11)15-9-13(16)17-3/h10-12,14-15H,4-9H2,1-3H3. The molecule has 1 aliphatic carbocycles. The highest BCUT2D eigenvalue weighted by atomic mass is 16.5. The van der Waals surface area contributed by atoms with Crippen molar-refractivity contribution in [3.8, 4) is 0 Å². The summed E-state index contributed by atoms with van der Waals surface area (Å²) in [5.41, 5.74) is 0. The van der Waals surface area contributed by atoms with Crippen LogP contribution in [0.4, 0.5) is 0 Å². The third-order valence-electron chi connectivity index (χ3n) is 3.30. The third kappa shape index (κ3) is 6.03. The Morgan fingerprint density at radius 2 is 1.71 bits per heavy atom. The molecule has 0 radical (unpaired) electrons. The van der Waals surface area contributed by atoms with Crippen LogP contribution >= 0.6 is 0 Å². The van der Waals surface area contributed by atoms with Gasteiger partial charge in [0.15, 0.2) is 0 Å². The smallest absolute Gasteiger partial charge is 0.319 e. The molecule has 0 bridgehead atoms. The van der Waals surface area contributed by atoms with Crippen molar-refractivity contribution >= 4 is 5.97 Å². The molecular formula is C13H26N2O2. The van der Waals surface area contributed by atoms with Gasteiger partial charge < -0.3 is 15.4 Å². The second kappa shape index (κ2) is 7.67. The minimum absolute atomic E-state index is 0.176. The van der Waals surface area contributed by atoms with Gasteiger partial charge in [0.1, 0.15) is 0 Å². The maximum Gasteiger partial charge on any atom is 0.319 e. The van der Waals surface area contributed by atoms with Crippen LogP contribution in [0, 0.1) is 5.92 Å². The summed E-state index contributed by atoms with van der Waals surface area (Å²) in [5, 5.41) is 6.85. The minimum Gasteiger partial charge on any atom is -0.468 e. The van der Waals surface area contributed by atoms with E-state index in [4.69, 9.17) is 0 Å². The number of carbonyl (C=O) groups is 1. The van der Waals surface area contributed by atoms with Crippen LogP contribution in [0.1, 0.15) is 39.5 Å². The Bertz CT molecular complexity index is 223. The molecule has 17 heavy (non-hydrogen) atoms. The van der Waals surface area contributed by atoms with Crippen molar-refractivity contribution in [3.05, 3.63) is 0 Å². The molecule has 4 nitrogen and oxygen atoms in total. The predicted molar refractivity (Wildman–Crippen MR) is 68.9 cm³/mol. The number of nitrogens with one attached hydrogen (secondary N) is 2. The molecule has 0 atom stereocenters. The highest BCUT2D eigenvalue weighted by molar-refractivity contribution is 5.71. The molecule has 2 N–H and O–H groups in total. The fourth-order valence-electron chi connectivity index (χ4n) is 2.20. The fourth-order valence-corrected chi connectivity index (χ4v) is 2.20. The molecule has 0 aliphatic heterocycles. The molecule has 0 unspecified atom stereocenters. The average Bonchev–Trinajstić information content (AvgIpc) is 2.34. The van der Waals surface area contributed by atoms with E-state index in [2.05, 4.69) is 29.2 Å². The highest BCUT2D eigenvalue weighted by Gasteiger charge is 2.20. The lowest BCUT2D eigenvalue weighted by Crippen LogP contribution is -2.42. The topological polar surface area (TPSA) is 50.4 Å². The van der Waals surface area contributed by atoms with Crippen molar-refractivity contribution in [2.45, 2.75) is 51.6 Å². The first-order chi connectivity index (χ1) is 8.11. The zero-order valence-corrected chi connectivity index (χ0v) is 11.3. The van der Waals surface area contributed by atoms with Crippen LogP contribution in [-0.2, 0) is 9.53 Å². The van der Waals surface area contributed by atoms with Gasteiger partial charge in [-0.3, -0.25) is 4.79 Å². The number of carbonyl (C=O) groups excluding carboxylic acids is 1. The quantitative estimate of drug-likeness (QED) is 0.690. The lowest BCUT2D eigenvalue weighted by atomic mass is 9.91. The minimum atomic E-state index is -0.176. The van der Waals surface area contributed by atoms with E-state index in [1.54, 1.807) is 0 Å². The molecule has 0 aromatic heterocycles. The van der Waals surface area contributed by atoms with Crippen LogP contribution in [0.15, 0.2) is 0 Å². The number of methoxy groups -OCH3 is 1. The van der Waals surface area contributed by atoms with Crippen molar-refractivity contribution < 1.29 is 9.53 Å². The molecule has 0 amide bonds. The Morgan fingerprint density at radius 3 is 2.18 bits per heavy atom. The van der Waals surface area contributed by atoms with Gasteiger partial charge in [-0.2, -0.15) is 0 Å². The molecular weight excluding hydrogens is 216 g/mol. The summed E-state index contributed by atoms with van der Waals surface area (Å²) >= 11 is 0. The highest BCUT2D eigenvalue weighted by Crippen LogP contribution is 2.18. The molecule has 0 saturated heterocycles. The van der Waals surface area contributed by atoms with E-state index in [9.17, 15) is 4.79 Å². The lowest BCUT2D eigenvalue weighted by molar-refractivity contribution is -0.139. The van der Waals surface area contributed by atoms with E-state index in [0.717, 1.165) is 19.4 Å². The van der Waals surface area contributed by atoms with Gasteiger partial charge in [-0.15, -0.1) is 0 Å². The van der Waals surface area contributed by atoms with Gasteiger partial charge in [0.2, 0.25) is 0 Å². The number of esters is 1. The Balaban J connectivity index is 2.11.